The lowest BCUT2D eigenvalue weighted by molar-refractivity contribution is 0.246. The Morgan fingerprint density at radius 3 is 2.34 bits per heavy atom. The SMILES string of the molecule is O=c1oc2c(CN3CCN(c4ccc(F)cc4)CC3)c(O)ccc2cc1-c1ccccc1. The maximum atomic E-state index is 13.2. The van der Waals surface area contributed by atoms with E-state index < -0.39 is 5.63 Å². The average Bonchev–Trinajstić information content (AvgIpc) is 2.82. The van der Waals surface area contributed by atoms with Crippen LogP contribution >= 0.6 is 0 Å². The number of rotatable bonds is 4. The van der Waals surface area contributed by atoms with Crippen LogP contribution < -0.4 is 10.5 Å². The summed E-state index contributed by atoms with van der Waals surface area (Å²) in [7, 11) is 0. The lowest BCUT2D eigenvalue weighted by Gasteiger charge is -2.36. The third-order valence-corrected chi connectivity index (χ3v) is 6.01. The molecule has 1 aliphatic rings. The summed E-state index contributed by atoms with van der Waals surface area (Å²) in [6.45, 7) is 3.62. The first-order valence-electron chi connectivity index (χ1n) is 10.7. The Kier molecular flexibility index (Phi) is 5.37. The number of benzene rings is 3. The number of aromatic hydroxyl groups is 1. The van der Waals surface area contributed by atoms with Crippen molar-refractivity contribution >= 4 is 16.7 Å². The van der Waals surface area contributed by atoms with E-state index in [2.05, 4.69) is 9.80 Å². The Balaban J connectivity index is 1.38. The van der Waals surface area contributed by atoms with Gasteiger partial charge in [0.2, 0.25) is 0 Å². The van der Waals surface area contributed by atoms with Crippen LogP contribution in [0, 0.1) is 5.82 Å². The molecule has 1 aromatic heterocycles. The molecule has 1 fully saturated rings. The Hall–Kier alpha value is -3.64. The molecule has 1 saturated heterocycles. The van der Waals surface area contributed by atoms with Crippen LogP contribution in [0.2, 0.25) is 0 Å². The Morgan fingerprint density at radius 2 is 1.62 bits per heavy atom. The van der Waals surface area contributed by atoms with Gasteiger partial charge in [0, 0.05) is 43.8 Å². The topological polar surface area (TPSA) is 56.9 Å². The average molecular weight is 430 g/mol. The number of phenolic OH excluding ortho intramolecular Hbond substituents is 1. The Morgan fingerprint density at radius 1 is 0.906 bits per heavy atom. The maximum Gasteiger partial charge on any atom is 0.344 e. The van der Waals surface area contributed by atoms with E-state index in [9.17, 15) is 14.3 Å². The summed E-state index contributed by atoms with van der Waals surface area (Å²) in [5, 5.41) is 11.3. The molecule has 5 nitrogen and oxygen atoms in total. The molecule has 32 heavy (non-hydrogen) atoms. The fourth-order valence-corrected chi connectivity index (χ4v) is 4.24. The number of fused-ring (bicyclic) bond motifs is 1. The molecule has 0 atom stereocenters. The predicted octanol–water partition coefficient (Wildman–Crippen LogP) is 4.63. The zero-order valence-electron chi connectivity index (χ0n) is 17.5. The van der Waals surface area contributed by atoms with Crippen LogP contribution in [0.3, 0.4) is 0 Å². The van der Waals surface area contributed by atoms with Crippen molar-refractivity contribution in [3.05, 3.63) is 94.6 Å². The van der Waals surface area contributed by atoms with Crippen LogP contribution in [0.5, 0.6) is 5.75 Å². The van der Waals surface area contributed by atoms with Gasteiger partial charge < -0.3 is 14.4 Å². The fourth-order valence-electron chi connectivity index (χ4n) is 4.24. The highest BCUT2D eigenvalue weighted by atomic mass is 19.1. The van der Waals surface area contributed by atoms with Gasteiger partial charge in [0.15, 0.2) is 0 Å². The smallest absolute Gasteiger partial charge is 0.344 e. The minimum Gasteiger partial charge on any atom is -0.507 e. The molecule has 0 amide bonds. The quantitative estimate of drug-likeness (QED) is 0.479. The summed E-state index contributed by atoms with van der Waals surface area (Å²) < 4.78 is 18.9. The van der Waals surface area contributed by atoms with Gasteiger partial charge in [-0.3, -0.25) is 4.90 Å². The van der Waals surface area contributed by atoms with Crippen LogP contribution in [0.1, 0.15) is 5.56 Å². The predicted molar refractivity (Wildman–Crippen MR) is 123 cm³/mol. The van der Waals surface area contributed by atoms with Crippen molar-refractivity contribution in [2.75, 3.05) is 31.1 Å². The van der Waals surface area contributed by atoms with Crippen LogP contribution in [0.4, 0.5) is 10.1 Å². The molecule has 2 heterocycles. The molecule has 1 N–H and O–H groups in total. The third-order valence-electron chi connectivity index (χ3n) is 6.01. The van der Waals surface area contributed by atoms with E-state index in [1.807, 2.05) is 36.4 Å². The molecule has 4 aromatic rings. The van der Waals surface area contributed by atoms with Crippen molar-refractivity contribution in [1.82, 2.24) is 4.90 Å². The summed E-state index contributed by atoms with van der Waals surface area (Å²) >= 11 is 0. The second-order valence-electron chi connectivity index (χ2n) is 8.03. The van der Waals surface area contributed by atoms with Crippen LogP contribution in [0.15, 0.2) is 82.0 Å². The zero-order chi connectivity index (χ0) is 22.1. The normalized spacial score (nSPS) is 14.7. The van der Waals surface area contributed by atoms with Gasteiger partial charge in [-0.25, -0.2) is 9.18 Å². The van der Waals surface area contributed by atoms with Crippen molar-refractivity contribution in [1.29, 1.82) is 0 Å². The van der Waals surface area contributed by atoms with E-state index in [1.54, 1.807) is 24.3 Å². The lowest BCUT2D eigenvalue weighted by Crippen LogP contribution is -2.46. The number of phenols is 1. The number of anilines is 1. The molecule has 1 aliphatic heterocycles. The maximum absolute atomic E-state index is 13.2. The van der Waals surface area contributed by atoms with E-state index >= 15 is 0 Å². The van der Waals surface area contributed by atoms with Crippen molar-refractivity contribution < 1.29 is 13.9 Å². The standard InChI is InChI=1S/C26H23FN2O3/c27-20-7-9-21(10-8-20)29-14-12-28(13-15-29)17-23-24(30)11-6-19-16-22(26(31)32-25(19)23)18-4-2-1-3-5-18/h1-11,16,30H,12-15,17H2. The molecule has 0 bridgehead atoms. The molecular formula is C26H23FN2O3. The molecule has 0 saturated carbocycles. The van der Waals surface area contributed by atoms with Gasteiger partial charge in [-0.15, -0.1) is 0 Å². The molecule has 162 valence electrons. The second-order valence-corrected chi connectivity index (χ2v) is 8.03. The Labute approximate surface area is 184 Å². The van der Waals surface area contributed by atoms with Gasteiger partial charge in [-0.2, -0.15) is 0 Å². The van der Waals surface area contributed by atoms with Crippen molar-refractivity contribution in [2.45, 2.75) is 6.54 Å². The van der Waals surface area contributed by atoms with Gasteiger partial charge in [0.05, 0.1) is 11.1 Å². The molecule has 0 aliphatic carbocycles. The van der Waals surface area contributed by atoms with Gasteiger partial charge in [-0.05, 0) is 48.0 Å². The highest BCUT2D eigenvalue weighted by Gasteiger charge is 2.21. The molecule has 3 aromatic carbocycles. The minimum atomic E-state index is -0.420. The van der Waals surface area contributed by atoms with Crippen LogP contribution in [-0.4, -0.2) is 36.2 Å². The molecular weight excluding hydrogens is 407 g/mol. The number of piperazine rings is 1. The van der Waals surface area contributed by atoms with E-state index in [4.69, 9.17) is 4.42 Å². The van der Waals surface area contributed by atoms with E-state index in [0.29, 0.717) is 23.3 Å². The minimum absolute atomic E-state index is 0.120. The first-order chi connectivity index (χ1) is 15.6. The highest BCUT2D eigenvalue weighted by molar-refractivity contribution is 5.85. The molecule has 0 spiro atoms. The van der Waals surface area contributed by atoms with E-state index in [0.717, 1.165) is 42.8 Å². The second kappa shape index (κ2) is 8.48. The number of hydrogen-bond donors (Lipinski definition) is 1. The number of halogens is 1. The van der Waals surface area contributed by atoms with Gasteiger partial charge in [0.1, 0.15) is 17.1 Å². The Bertz CT molecular complexity index is 1290. The van der Waals surface area contributed by atoms with Gasteiger partial charge in [-0.1, -0.05) is 30.3 Å². The van der Waals surface area contributed by atoms with Crippen molar-refractivity contribution in [2.24, 2.45) is 0 Å². The summed E-state index contributed by atoms with van der Waals surface area (Å²) in [6, 6.07) is 21.2. The monoisotopic (exact) mass is 430 g/mol. The fraction of sp³-hybridized carbons (Fsp3) is 0.192. The van der Waals surface area contributed by atoms with Gasteiger partial charge in [0.25, 0.3) is 0 Å². The van der Waals surface area contributed by atoms with E-state index in [1.165, 1.54) is 12.1 Å². The van der Waals surface area contributed by atoms with E-state index in [-0.39, 0.29) is 11.6 Å². The number of nitrogens with zero attached hydrogens (tertiary/aromatic N) is 2. The highest BCUT2D eigenvalue weighted by Crippen LogP contribution is 2.30. The van der Waals surface area contributed by atoms with Crippen LogP contribution in [0.25, 0.3) is 22.1 Å². The lowest BCUT2D eigenvalue weighted by atomic mass is 10.0. The van der Waals surface area contributed by atoms with Gasteiger partial charge >= 0.3 is 5.63 Å². The summed E-state index contributed by atoms with van der Waals surface area (Å²) in [5.41, 5.74) is 2.93. The molecule has 0 radical (unpaired) electrons. The third kappa shape index (κ3) is 3.97. The molecule has 5 rings (SSSR count). The number of hydrogen-bond acceptors (Lipinski definition) is 5. The summed E-state index contributed by atoms with van der Waals surface area (Å²) in [5.74, 6) is -0.121. The van der Waals surface area contributed by atoms with Crippen molar-refractivity contribution in [3.63, 3.8) is 0 Å². The van der Waals surface area contributed by atoms with Crippen LogP contribution in [-0.2, 0) is 6.54 Å². The summed E-state index contributed by atoms with van der Waals surface area (Å²) in [6.07, 6.45) is 0. The largest absolute Gasteiger partial charge is 0.507 e. The molecule has 0 unspecified atom stereocenters. The van der Waals surface area contributed by atoms with Crippen molar-refractivity contribution in [3.8, 4) is 16.9 Å². The molecule has 6 heteroatoms. The summed E-state index contributed by atoms with van der Waals surface area (Å²) in [4.78, 5) is 17.2. The first kappa shape index (κ1) is 20.3. The zero-order valence-corrected chi connectivity index (χ0v) is 17.5. The first-order valence-corrected chi connectivity index (χ1v) is 10.7.